The smallest absolute Gasteiger partial charge is 0.255 e. The quantitative estimate of drug-likeness (QED) is 0.256. The molecule has 3 aliphatic carbocycles. The number of phenolic OH excluding ortho intramolecular Hbond substituents is 1. The Morgan fingerprint density at radius 3 is 2.31 bits per heavy atom. The van der Waals surface area contributed by atoms with Crippen LogP contribution in [0.1, 0.15) is 43.9 Å². The van der Waals surface area contributed by atoms with E-state index in [1.54, 1.807) is 14.1 Å². The summed E-state index contributed by atoms with van der Waals surface area (Å²) in [6.45, 7) is 5.73. The van der Waals surface area contributed by atoms with Gasteiger partial charge in [-0.05, 0) is 72.5 Å². The first-order valence-electron chi connectivity index (χ1n) is 11.2. The Morgan fingerprint density at radius 1 is 1.20 bits per heavy atom. The number of rotatable bonds is 2. The van der Waals surface area contributed by atoms with Crippen LogP contribution in [0.25, 0.3) is 5.76 Å². The van der Waals surface area contributed by atoms with E-state index in [9.17, 15) is 34.8 Å². The number of amides is 1. The molecule has 0 radical (unpaired) electrons. The summed E-state index contributed by atoms with van der Waals surface area (Å²) in [5.41, 5.74) is 2.66. The molecule has 1 aromatic carbocycles. The Bertz CT molecular complexity index is 1260. The zero-order chi connectivity index (χ0) is 26.4. The van der Waals surface area contributed by atoms with E-state index in [0.29, 0.717) is 11.1 Å². The molecule has 0 heterocycles. The SMILES string of the molecule is CN(C)[C@@H]1C(=O)C(C(N)=O)=C(O)[C@@]2(O)C(=O)C3=C(O)c4c(O)c(C(C)(C)C)cc(I)c4C[C@@H]3C[C@H]12. The van der Waals surface area contributed by atoms with Gasteiger partial charge < -0.3 is 26.2 Å². The maximum Gasteiger partial charge on any atom is 0.255 e. The lowest BCUT2D eigenvalue weighted by Crippen LogP contribution is -2.65. The van der Waals surface area contributed by atoms with Crippen LogP contribution >= 0.6 is 22.6 Å². The fourth-order valence-electron chi connectivity index (χ4n) is 5.84. The molecule has 3 aliphatic rings. The predicted molar refractivity (Wildman–Crippen MR) is 136 cm³/mol. The molecule has 9 nitrogen and oxygen atoms in total. The zero-order valence-corrected chi connectivity index (χ0v) is 22.3. The molecular weight excluding hydrogens is 567 g/mol. The number of nitrogens with two attached hydrogens (primary N) is 1. The number of Topliss-reactive ketones (excluding diaryl/α,β-unsaturated/α-hetero) is 2. The Balaban J connectivity index is 2.00. The number of aromatic hydroxyl groups is 1. The van der Waals surface area contributed by atoms with Gasteiger partial charge in [0.05, 0.1) is 11.6 Å². The van der Waals surface area contributed by atoms with E-state index >= 15 is 0 Å². The summed E-state index contributed by atoms with van der Waals surface area (Å²) >= 11 is 2.14. The third-order valence-electron chi connectivity index (χ3n) is 7.47. The molecule has 10 heteroatoms. The molecule has 0 aliphatic heterocycles. The Labute approximate surface area is 216 Å². The second kappa shape index (κ2) is 8.04. The van der Waals surface area contributed by atoms with E-state index in [1.165, 1.54) is 4.90 Å². The first-order chi connectivity index (χ1) is 16.0. The molecule has 6 N–H and O–H groups in total. The normalized spacial score (nSPS) is 28.7. The number of phenols is 1. The van der Waals surface area contributed by atoms with Gasteiger partial charge in [0.15, 0.2) is 11.4 Å². The number of hydrogen-bond donors (Lipinski definition) is 5. The van der Waals surface area contributed by atoms with Gasteiger partial charge >= 0.3 is 0 Å². The number of aliphatic hydroxyl groups excluding tert-OH is 2. The highest BCUT2D eigenvalue weighted by Crippen LogP contribution is 2.54. The van der Waals surface area contributed by atoms with Crippen molar-refractivity contribution in [3.05, 3.63) is 43.2 Å². The Morgan fingerprint density at radius 2 is 1.80 bits per heavy atom. The van der Waals surface area contributed by atoms with Crippen LogP contribution in [-0.2, 0) is 26.2 Å². The van der Waals surface area contributed by atoms with Gasteiger partial charge in [0.1, 0.15) is 22.8 Å². The van der Waals surface area contributed by atoms with Gasteiger partial charge in [0, 0.05) is 20.6 Å². The number of fused-ring (bicyclic) bond motifs is 3. The van der Waals surface area contributed by atoms with Crippen LogP contribution in [0.4, 0.5) is 0 Å². The van der Waals surface area contributed by atoms with E-state index < -0.39 is 63.5 Å². The molecule has 35 heavy (non-hydrogen) atoms. The minimum atomic E-state index is -2.63. The van der Waals surface area contributed by atoms with E-state index in [1.807, 2.05) is 26.8 Å². The van der Waals surface area contributed by atoms with Crippen molar-refractivity contribution in [1.29, 1.82) is 0 Å². The van der Waals surface area contributed by atoms with Crippen molar-refractivity contribution < 1.29 is 34.8 Å². The molecule has 1 saturated carbocycles. The van der Waals surface area contributed by atoms with Crippen molar-refractivity contribution in [2.45, 2.75) is 50.7 Å². The van der Waals surface area contributed by atoms with Gasteiger partial charge in [-0.1, -0.05) is 20.8 Å². The number of primary amides is 1. The van der Waals surface area contributed by atoms with Crippen molar-refractivity contribution in [3.8, 4) is 5.75 Å². The van der Waals surface area contributed by atoms with Crippen LogP contribution in [0.15, 0.2) is 23.0 Å². The highest BCUT2D eigenvalue weighted by molar-refractivity contribution is 14.1. The first kappa shape index (κ1) is 25.6. The minimum Gasteiger partial charge on any atom is -0.508 e. The third kappa shape index (κ3) is 3.44. The average Bonchev–Trinajstić information content (AvgIpc) is 2.71. The third-order valence-corrected chi connectivity index (χ3v) is 8.44. The second-order valence-corrected chi connectivity index (χ2v) is 12.0. The molecule has 4 rings (SSSR count). The Hall–Kier alpha value is -2.44. The minimum absolute atomic E-state index is 0.0730. The molecule has 0 spiro atoms. The highest BCUT2D eigenvalue weighted by atomic mass is 127. The summed E-state index contributed by atoms with van der Waals surface area (Å²) < 4.78 is 0.807. The van der Waals surface area contributed by atoms with Gasteiger partial charge in [-0.2, -0.15) is 0 Å². The summed E-state index contributed by atoms with van der Waals surface area (Å²) in [5.74, 6) is -6.39. The standard InChI is InChI=1S/C25H29IN2O7/c1-24(2,3)12-8-13(26)10-6-9-7-11-17(28(4)5)20(31)16(23(27)34)22(33)25(11,35)21(32)14(9)19(30)15(10)18(12)29/h8-9,11,17,29-30,33,35H,6-7H2,1-5H3,(H2,27,34)/t9-,11-,17+,25+/m1/s1. The van der Waals surface area contributed by atoms with Crippen LogP contribution < -0.4 is 5.73 Å². The summed E-state index contributed by atoms with van der Waals surface area (Å²) in [6, 6.07) is 0.761. The zero-order valence-electron chi connectivity index (χ0n) is 20.1. The highest BCUT2D eigenvalue weighted by Gasteiger charge is 2.64. The maximum atomic E-state index is 13.8. The number of benzene rings is 1. The molecule has 0 bridgehead atoms. The summed E-state index contributed by atoms with van der Waals surface area (Å²) in [4.78, 5) is 40.5. The van der Waals surface area contributed by atoms with Gasteiger partial charge in [-0.25, -0.2) is 0 Å². The van der Waals surface area contributed by atoms with Crippen molar-refractivity contribution in [3.63, 3.8) is 0 Å². The predicted octanol–water partition coefficient (Wildman–Crippen LogP) is 1.87. The second-order valence-electron chi connectivity index (χ2n) is 10.8. The lowest BCUT2D eigenvalue weighted by molar-refractivity contribution is -0.153. The Kier molecular flexibility index (Phi) is 5.89. The molecule has 4 atom stereocenters. The topological polar surface area (TPSA) is 161 Å². The van der Waals surface area contributed by atoms with E-state index in [4.69, 9.17) is 5.73 Å². The summed E-state index contributed by atoms with van der Waals surface area (Å²) in [5, 5.41) is 45.0. The lowest BCUT2D eigenvalue weighted by Gasteiger charge is -2.50. The maximum absolute atomic E-state index is 13.8. The molecule has 188 valence electrons. The average molecular weight is 596 g/mol. The van der Waals surface area contributed by atoms with Crippen LogP contribution in [0.3, 0.4) is 0 Å². The fraction of sp³-hybridized carbons (Fsp3) is 0.480. The molecule has 1 amide bonds. The number of carbonyl (C=O) groups is 3. The van der Waals surface area contributed by atoms with Gasteiger partial charge in [-0.3, -0.25) is 19.3 Å². The van der Waals surface area contributed by atoms with Crippen molar-refractivity contribution in [2.75, 3.05) is 14.1 Å². The van der Waals surface area contributed by atoms with E-state index in [0.717, 1.165) is 3.57 Å². The number of aliphatic hydroxyl groups is 3. The molecule has 0 unspecified atom stereocenters. The van der Waals surface area contributed by atoms with Crippen molar-refractivity contribution in [1.82, 2.24) is 4.90 Å². The van der Waals surface area contributed by atoms with Crippen molar-refractivity contribution >= 4 is 45.8 Å². The number of hydrogen-bond acceptors (Lipinski definition) is 8. The van der Waals surface area contributed by atoms with Crippen molar-refractivity contribution in [2.24, 2.45) is 17.6 Å². The number of halogens is 1. The van der Waals surface area contributed by atoms with E-state index in [2.05, 4.69) is 22.6 Å². The fourth-order valence-corrected chi connectivity index (χ4v) is 6.64. The number of nitrogens with zero attached hydrogens (tertiary/aromatic N) is 1. The number of likely N-dealkylation sites (N-methyl/N-ethyl adjacent to an activating group) is 1. The van der Waals surface area contributed by atoms with Crippen LogP contribution in [0.5, 0.6) is 5.75 Å². The largest absolute Gasteiger partial charge is 0.508 e. The molecule has 1 fully saturated rings. The monoisotopic (exact) mass is 596 g/mol. The lowest BCUT2D eigenvalue weighted by atomic mass is 9.57. The molecule has 0 saturated heterocycles. The number of carbonyl (C=O) groups excluding carboxylic acids is 3. The number of ketones is 2. The van der Waals surface area contributed by atoms with Gasteiger partial charge in [0.2, 0.25) is 5.78 Å². The molecule has 1 aromatic rings. The van der Waals surface area contributed by atoms with Gasteiger partial charge in [-0.15, -0.1) is 0 Å². The first-order valence-corrected chi connectivity index (χ1v) is 12.3. The van der Waals surface area contributed by atoms with Crippen LogP contribution in [0, 0.1) is 15.4 Å². The molecule has 0 aromatic heterocycles. The summed E-state index contributed by atoms with van der Waals surface area (Å²) in [7, 11) is 3.14. The van der Waals surface area contributed by atoms with Crippen LogP contribution in [0.2, 0.25) is 0 Å². The van der Waals surface area contributed by atoms with E-state index in [-0.39, 0.29) is 29.7 Å². The van der Waals surface area contributed by atoms with Gasteiger partial charge in [0.25, 0.3) is 5.91 Å². The van der Waals surface area contributed by atoms with Crippen LogP contribution in [-0.4, -0.2) is 68.5 Å². The summed E-state index contributed by atoms with van der Waals surface area (Å²) in [6.07, 6.45) is 0.356. The molecular formula is C25H29IN2O7.